The highest BCUT2D eigenvalue weighted by molar-refractivity contribution is 5.76. The number of piperidine rings is 1. The number of nitrogens with zero attached hydrogens (tertiary/aromatic N) is 1. The van der Waals surface area contributed by atoms with E-state index in [9.17, 15) is 9.90 Å². The highest BCUT2D eigenvalue weighted by Crippen LogP contribution is 2.20. The van der Waals surface area contributed by atoms with Crippen molar-refractivity contribution in [1.82, 2.24) is 4.90 Å². The van der Waals surface area contributed by atoms with Crippen LogP contribution in [-0.2, 0) is 9.53 Å². The van der Waals surface area contributed by atoms with Gasteiger partial charge in [-0.25, -0.2) is 0 Å². The van der Waals surface area contributed by atoms with Gasteiger partial charge in [0, 0.05) is 26.1 Å². The van der Waals surface area contributed by atoms with E-state index in [1.54, 1.807) is 11.8 Å². The van der Waals surface area contributed by atoms with Crippen LogP contribution in [0.5, 0.6) is 0 Å². The smallest absolute Gasteiger partial charge is 0.222 e. The molecule has 1 atom stereocenters. The largest absolute Gasteiger partial charge is 0.388 e. The summed E-state index contributed by atoms with van der Waals surface area (Å²) >= 11 is 0. The van der Waals surface area contributed by atoms with Crippen LogP contribution in [0.15, 0.2) is 0 Å². The summed E-state index contributed by atoms with van der Waals surface area (Å²) in [5, 5.41) is 9.92. The van der Waals surface area contributed by atoms with Crippen molar-refractivity contribution in [2.24, 2.45) is 0 Å². The van der Waals surface area contributed by atoms with Gasteiger partial charge in [0.15, 0.2) is 0 Å². The molecule has 0 aromatic carbocycles. The highest BCUT2D eigenvalue weighted by Gasteiger charge is 2.30. The molecule has 1 rings (SSSR count). The second-order valence-corrected chi connectivity index (χ2v) is 5.44. The Labute approximate surface area is 104 Å². The average Bonchev–Trinajstić information content (AvgIpc) is 2.22. The van der Waals surface area contributed by atoms with Crippen molar-refractivity contribution in [3.8, 4) is 0 Å². The fourth-order valence-electron chi connectivity index (χ4n) is 2.13. The van der Waals surface area contributed by atoms with Gasteiger partial charge in [0.2, 0.25) is 5.91 Å². The Kier molecular flexibility index (Phi) is 5.40. The van der Waals surface area contributed by atoms with Crippen molar-refractivity contribution in [3.63, 3.8) is 0 Å². The lowest BCUT2D eigenvalue weighted by Crippen LogP contribution is -2.48. The predicted molar refractivity (Wildman–Crippen MR) is 66.8 cm³/mol. The Morgan fingerprint density at radius 2 is 2.24 bits per heavy atom. The Bertz CT molecular complexity index is 251. The first-order valence-corrected chi connectivity index (χ1v) is 6.52. The lowest BCUT2D eigenvalue weighted by molar-refractivity contribution is -0.137. The highest BCUT2D eigenvalue weighted by atomic mass is 16.5. The van der Waals surface area contributed by atoms with Gasteiger partial charge in [0.05, 0.1) is 11.7 Å². The minimum Gasteiger partial charge on any atom is -0.388 e. The zero-order chi connectivity index (χ0) is 12.9. The van der Waals surface area contributed by atoms with Gasteiger partial charge in [0.1, 0.15) is 0 Å². The van der Waals surface area contributed by atoms with Gasteiger partial charge in [-0.15, -0.1) is 0 Å². The summed E-state index contributed by atoms with van der Waals surface area (Å²) in [7, 11) is 0. The Morgan fingerprint density at radius 3 is 2.82 bits per heavy atom. The van der Waals surface area contributed by atoms with Gasteiger partial charge in [-0.2, -0.15) is 0 Å². The van der Waals surface area contributed by atoms with Crippen LogP contribution in [0.2, 0.25) is 0 Å². The van der Waals surface area contributed by atoms with E-state index in [0.29, 0.717) is 19.6 Å². The summed E-state index contributed by atoms with van der Waals surface area (Å²) < 4.78 is 5.40. The van der Waals surface area contributed by atoms with Gasteiger partial charge >= 0.3 is 0 Å². The summed E-state index contributed by atoms with van der Waals surface area (Å²) in [6.45, 7) is 7.66. The monoisotopic (exact) mass is 243 g/mol. The van der Waals surface area contributed by atoms with E-state index in [0.717, 1.165) is 25.8 Å². The Morgan fingerprint density at radius 1 is 1.53 bits per heavy atom. The van der Waals surface area contributed by atoms with E-state index >= 15 is 0 Å². The molecule has 0 bridgehead atoms. The van der Waals surface area contributed by atoms with Crippen LogP contribution >= 0.6 is 0 Å². The molecule has 100 valence electrons. The molecule has 0 aromatic rings. The number of hydrogen-bond acceptors (Lipinski definition) is 3. The summed E-state index contributed by atoms with van der Waals surface area (Å²) in [5.41, 5.74) is -0.706. The lowest BCUT2D eigenvalue weighted by atomic mass is 9.95. The fourth-order valence-corrected chi connectivity index (χ4v) is 2.13. The molecule has 1 heterocycles. The van der Waals surface area contributed by atoms with Crippen molar-refractivity contribution in [2.75, 3.05) is 19.7 Å². The van der Waals surface area contributed by atoms with Crippen LogP contribution in [0, 0.1) is 0 Å². The van der Waals surface area contributed by atoms with E-state index < -0.39 is 5.60 Å². The normalized spacial score (nSPS) is 25.4. The zero-order valence-corrected chi connectivity index (χ0v) is 11.2. The van der Waals surface area contributed by atoms with Crippen molar-refractivity contribution < 1.29 is 14.6 Å². The number of aliphatic hydroxyl groups is 1. The minimum atomic E-state index is -0.706. The molecular weight excluding hydrogens is 218 g/mol. The average molecular weight is 243 g/mol. The van der Waals surface area contributed by atoms with Crippen LogP contribution < -0.4 is 0 Å². The minimum absolute atomic E-state index is 0.136. The van der Waals surface area contributed by atoms with Gasteiger partial charge in [-0.3, -0.25) is 4.79 Å². The number of carbonyl (C=O) groups is 1. The summed E-state index contributed by atoms with van der Waals surface area (Å²) in [5.74, 6) is 0.136. The first-order valence-electron chi connectivity index (χ1n) is 6.52. The third-order valence-electron chi connectivity index (χ3n) is 3.01. The molecule has 0 saturated carbocycles. The molecule has 0 spiro atoms. The number of rotatable bonds is 5. The van der Waals surface area contributed by atoms with Crippen molar-refractivity contribution >= 4 is 5.91 Å². The zero-order valence-electron chi connectivity index (χ0n) is 11.2. The molecule has 1 amide bonds. The number of carbonyl (C=O) groups excluding carboxylic acids is 1. The fraction of sp³-hybridized carbons (Fsp3) is 0.923. The summed E-state index contributed by atoms with van der Waals surface area (Å²) in [6, 6.07) is 0. The van der Waals surface area contributed by atoms with Crippen molar-refractivity contribution in [2.45, 2.75) is 58.2 Å². The maximum atomic E-state index is 11.9. The van der Waals surface area contributed by atoms with Crippen molar-refractivity contribution in [3.05, 3.63) is 0 Å². The second-order valence-electron chi connectivity index (χ2n) is 5.44. The first kappa shape index (κ1) is 14.5. The topological polar surface area (TPSA) is 49.8 Å². The number of β-amino-alcohol motifs (C(OH)–C–C–N with tert-alkyl or cyclic N) is 1. The van der Waals surface area contributed by atoms with Crippen LogP contribution in [0.1, 0.15) is 46.5 Å². The molecule has 1 aliphatic rings. The lowest BCUT2D eigenvalue weighted by Gasteiger charge is -2.36. The number of ether oxygens (including phenoxy) is 1. The number of likely N-dealkylation sites (tertiary alicyclic amines) is 1. The summed E-state index contributed by atoms with van der Waals surface area (Å²) in [4.78, 5) is 13.7. The molecule has 0 aliphatic carbocycles. The molecule has 1 aliphatic heterocycles. The second kappa shape index (κ2) is 6.36. The van der Waals surface area contributed by atoms with Gasteiger partial charge < -0.3 is 14.7 Å². The van der Waals surface area contributed by atoms with Gasteiger partial charge in [0.25, 0.3) is 0 Å². The van der Waals surface area contributed by atoms with Crippen molar-refractivity contribution in [1.29, 1.82) is 0 Å². The molecule has 1 N–H and O–H groups in total. The molecular formula is C13H25NO3. The van der Waals surface area contributed by atoms with Gasteiger partial charge in [-0.05, 0) is 40.0 Å². The molecule has 0 unspecified atom stereocenters. The van der Waals surface area contributed by atoms with Crippen LogP contribution in [0.4, 0.5) is 0 Å². The third kappa shape index (κ3) is 5.50. The predicted octanol–water partition coefficient (Wildman–Crippen LogP) is 1.56. The molecule has 4 nitrogen and oxygen atoms in total. The molecule has 17 heavy (non-hydrogen) atoms. The quantitative estimate of drug-likeness (QED) is 0.746. The van der Waals surface area contributed by atoms with Crippen LogP contribution in [0.3, 0.4) is 0 Å². The van der Waals surface area contributed by atoms with Crippen LogP contribution in [-0.4, -0.2) is 47.3 Å². The third-order valence-corrected chi connectivity index (χ3v) is 3.01. The number of hydrogen-bond donors (Lipinski definition) is 1. The van der Waals surface area contributed by atoms with E-state index in [1.165, 1.54) is 0 Å². The SMILES string of the molecule is CC(C)OCCCC(=O)N1CCC[C@](C)(O)C1. The summed E-state index contributed by atoms with van der Waals surface area (Å²) in [6.07, 6.45) is 3.17. The maximum absolute atomic E-state index is 11.9. The van der Waals surface area contributed by atoms with Crippen LogP contribution in [0.25, 0.3) is 0 Å². The molecule has 0 aromatic heterocycles. The molecule has 0 radical (unpaired) electrons. The first-order chi connectivity index (χ1) is 7.91. The van der Waals surface area contributed by atoms with E-state index in [4.69, 9.17) is 4.74 Å². The maximum Gasteiger partial charge on any atom is 0.222 e. The molecule has 1 fully saturated rings. The van der Waals surface area contributed by atoms with Gasteiger partial charge in [-0.1, -0.05) is 0 Å². The van der Waals surface area contributed by atoms with E-state index in [2.05, 4.69) is 0 Å². The van der Waals surface area contributed by atoms with E-state index in [1.807, 2.05) is 13.8 Å². The Balaban J connectivity index is 2.23. The number of amides is 1. The molecule has 4 heteroatoms. The Hall–Kier alpha value is -0.610. The standard InChI is InChI=1S/C13H25NO3/c1-11(2)17-9-4-6-12(15)14-8-5-7-13(3,16)10-14/h11,16H,4-10H2,1-3H3/t13-/m0/s1. The van der Waals surface area contributed by atoms with E-state index in [-0.39, 0.29) is 12.0 Å². The molecule has 1 saturated heterocycles.